The van der Waals surface area contributed by atoms with Gasteiger partial charge in [-0.25, -0.2) is 4.39 Å². The van der Waals surface area contributed by atoms with Gasteiger partial charge in [-0.1, -0.05) is 24.3 Å². The normalized spacial score (nSPS) is 15.0. The first kappa shape index (κ1) is 16.8. The van der Waals surface area contributed by atoms with Crippen molar-refractivity contribution in [2.24, 2.45) is 15.2 Å². The quantitative estimate of drug-likeness (QED) is 0.612. The number of primary amides is 1. The van der Waals surface area contributed by atoms with E-state index in [0.717, 1.165) is 6.07 Å². The fourth-order valence-corrected chi connectivity index (χ4v) is 3.62. The Hall–Kier alpha value is -3.07. The minimum atomic E-state index is -3.66. The van der Waals surface area contributed by atoms with E-state index in [1.54, 1.807) is 18.2 Å². The number of carbonyl (C=O) groups is 1. The molecule has 3 rings (SSSR count). The fourth-order valence-electron chi connectivity index (χ4n) is 2.35. The van der Waals surface area contributed by atoms with Gasteiger partial charge in [0, 0.05) is 5.56 Å². The maximum atomic E-state index is 13.4. The van der Waals surface area contributed by atoms with Crippen molar-refractivity contribution in [2.75, 3.05) is 6.54 Å². The van der Waals surface area contributed by atoms with Gasteiger partial charge in [-0.3, -0.25) is 4.79 Å². The average Bonchev–Trinajstić information content (AvgIpc) is 2.84. The molecule has 0 unspecified atom stereocenters. The Bertz CT molecular complexity index is 1020. The maximum Gasteiger partial charge on any atom is 0.283 e. The molecule has 128 valence electrons. The third kappa shape index (κ3) is 3.41. The summed E-state index contributed by atoms with van der Waals surface area (Å²) in [6.07, 6.45) is 1.36. The molecule has 7 nitrogen and oxygen atoms in total. The van der Waals surface area contributed by atoms with Crippen molar-refractivity contribution in [3.05, 3.63) is 65.0 Å². The summed E-state index contributed by atoms with van der Waals surface area (Å²) in [6, 6.07) is 10.3. The van der Waals surface area contributed by atoms with E-state index in [4.69, 9.17) is 5.73 Å². The topological polar surface area (TPSA) is 114 Å². The van der Waals surface area contributed by atoms with Crippen molar-refractivity contribution in [2.45, 2.75) is 4.90 Å². The van der Waals surface area contributed by atoms with Crippen LogP contribution in [0.3, 0.4) is 0 Å². The first-order chi connectivity index (χ1) is 11.9. The second-order valence-electron chi connectivity index (χ2n) is 5.21. The highest BCUT2D eigenvalue weighted by molar-refractivity contribution is 7.90. The number of nitrogens with zero attached hydrogens (tertiary/aromatic N) is 2. The number of fused-ring (bicyclic) bond motifs is 1. The Morgan fingerprint density at radius 1 is 1.28 bits per heavy atom. The summed E-state index contributed by atoms with van der Waals surface area (Å²) in [4.78, 5) is 11.3. The minimum absolute atomic E-state index is 0.0939. The number of halogens is 1. The van der Waals surface area contributed by atoms with E-state index in [9.17, 15) is 17.6 Å². The molecule has 0 aliphatic carbocycles. The van der Waals surface area contributed by atoms with Crippen molar-refractivity contribution in [1.82, 2.24) is 5.43 Å². The van der Waals surface area contributed by atoms with Crippen LogP contribution in [0.2, 0.25) is 0 Å². The lowest BCUT2D eigenvalue weighted by molar-refractivity contribution is 0.0996. The summed E-state index contributed by atoms with van der Waals surface area (Å²) < 4.78 is 41.0. The van der Waals surface area contributed by atoms with Gasteiger partial charge in [0.15, 0.2) is 0 Å². The highest BCUT2D eigenvalue weighted by atomic mass is 32.2. The third-order valence-corrected chi connectivity index (χ3v) is 4.89. The van der Waals surface area contributed by atoms with Gasteiger partial charge < -0.3 is 11.2 Å². The number of carbonyl (C=O) groups excluding carboxylic acids is 1. The van der Waals surface area contributed by atoms with Crippen LogP contribution in [0, 0.1) is 5.82 Å². The summed E-state index contributed by atoms with van der Waals surface area (Å²) in [5.74, 6) is -1.58. The molecule has 0 fully saturated rings. The molecule has 2 aromatic carbocycles. The van der Waals surface area contributed by atoms with Crippen molar-refractivity contribution in [3.8, 4) is 0 Å². The molecule has 1 aliphatic heterocycles. The molecule has 3 N–H and O–H groups in total. The molecule has 1 heterocycles. The number of hydrogen-bond acceptors (Lipinski definition) is 5. The van der Waals surface area contributed by atoms with Gasteiger partial charge in [-0.15, -0.1) is 0 Å². The third-order valence-electron chi connectivity index (χ3n) is 3.51. The summed E-state index contributed by atoms with van der Waals surface area (Å²) in [5, 5.41) is 3.93. The summed E-state index contributed by atoms with van der Waals surface area (Å²) in [5.41, 5.74) is 8.87. The summed E-state index contributed by atoms with van der Waals surface area (Å²) in [7, 11) is -3.66. The van der Waals surface area contributed by atoms with E-state index in [1.165, 1.54) is 24.4 Å². The van der Waals surface area contributed by atoms with Crippen molar-refractivity contribution in [1.29, 1.82) is 0 Å². The predicted octanol–water partition coefficient (Wildman–Crippen LogP) is 1.04. The zero-order valence-corrected chi connectivity index (χ0v) is 13.6. The number of rotatable bonds is 5. The van der Waals surface area contributed by atoms with Gasteiger partial charge in [-0.2, -0.15) is 17.9 Å². The number of nitrogens with two attached hydrogens (primary N) is 1. The van der Waals surface area contributed by atoms with Crippen LogP contribution in [0.1, 0.15) is 21.5 Å². The van der Waals surface area contributed by atoms with E-state index in [0.29, 0.717) is 16.8 Å². The van der Waals surface area contributed by atoms with Crippen LogP contribution in [0.15, 0.2) is 56.9 Å². The SMILES string of the molecule is NC(=O)c1cc(/C=N/NCC2=NS(=O)(=O)c3ccccc32)ccc1F. The van der Waals surface area contributed by atoms with E-state index >= 15 is 0 Å². The molecule has 0 radical (unpaired) electrons. The molecular weight excluding hydrogens is 347 g/mol. The molecule has 1 amide bonds. The first-order valence-corrected chi connectivity index (χ1v) is 8.61. The van der Waals surface area contributed by atoms with Crippen molar-refractivity contribution < 1.29 is 17.6 Å². The van der Waals surface area contributed by atoms with E-state index in [1.807, 2.05) is 0 Å². The number of hydrogen-bond donors (Lipinski definition) is 2. The molecule has 0 aromatic heterocycles. The van der Waals surface area contributed by atoms with E-state index < -0.39 is 21.7 Å². The molecule has 0 bridgehead atoms. The van der Waals surface area contributed by atoms with Gasteiger partial charge >= 0.3 is 0 Å². The molecule has 1 aliphatic rings. The molecule has 0 atom stereocenters. The number of hydrazone groups is 1. The number of benzene rings is 2. The molecule has 0 saturated carbocycles. The molecular formula is C16H13FN4O3S. The lowest BCUT2D eigenvalue weighted by atomic mass is 10.1. The smallest absolute Gasteiger partial charge is 0.283 e. The fraction of sp³-hybridized carbons (Fsp3) is 0.0625. The van der Waals surface area contributed by atoms with Crippen molar-refractivity contribution >= 4 is 27.9 Å². The lowest BCUT2D eigenvalue weighted by Crippen LogP contribution is -2.18. The predicted molar refractivity (Wildman–Crippen MR) is 90.7 cm³/mol. The largest absolute Gasteiger partial charge is 0.366 e. The monoisotopic (exact) mass is 360 g/mol. The zero-order valence-electron chi connectivity index (χ0n) is 12.8. The van der Waals surface area contributed by atoms with Crippen LogP contribution >= 0.6 is 0 Å². The van der Waals surface area contributed by atoms with Crippen LogP contribution in [-0.2, 0) is 10.0 Å². The molecule has 0 saturated heterocycles. The minimum Gasteiger partial charge on any atom is -0.366 e. The number of amides is 1. The van der Waals surface area contributed by atoms with Gasteiger partial charge in [0.25, 0.3) is 15.9 Å². The Kier molecular flexibility index (Phi) is 4.32. The Balaban J connectivity index is 1.71. The molecule has 9 heteroatoms. The van der Waals surface area contributed by atoms with Crippen LogP contribution < -0.4 is 11.2 Å². The van der Waals surface area contributed by atoms with E-state index in [-0.39, 0.29) is 17.0 Å². The highest BCUT2D eigenvalue weighted by Gasteiger charge is 2.27. The van der Waals surface area contributed by atoms with Crippen LogP contribution in [-0.4, -0.2) is 32.8 Å². The average molecular weight is 360 g/mol. The standard InChI is InChI=1S/C16H13FN4O3S/c17-13-6-5-10(7-12(13)16(18)22)8-19-20-9-14-11-3-1-2-4-15(11)25(23,24)21-14/h1-8,20H,9H2,(H2,18,22)/b19-8+. The highest BCUT2D eigenvalue weighted by Crippen LogP contribution is 2.25. The Morgan fingerprint density at radius 3 is 2.80 bits per heavy atom. The van der Waals surface area contributed by atoms with Crippen LogP contribution in [0.5, 0.6) is 0 Å². The second kappa shape index (κ2) is 6.44. The summed E-state index contributed by atoms with van der Waals surface area (Å²) >= 11 is 0. The van der Waals surface area contributed by atoms with Gasteiger partial charge in [0.1, 0.15) is 5.82 Å². The number of sulfonamides is 1. The van der Waals surface area contributed by atoms with Crippen molar-refractivity contribution in [3.63, 3.8) is 0 Å². The molecule has 0 spiro atoms. The van der Waals surface area contributed by atoms with E-state index in [2.05, 4.69) is 14.9 Å². The van der Waals surface area contributed by atoms with Gasteiger partial charge in [0.05, 0.1) is 28.9 Å². The summed E-state index contributed by atoms with van der Waals surface area (Å²) in [6.45, 7) is 0.0939. The second-order valence-corrected chi connectivity index (χ2v) is 6.78. The number of nitrogens with one attached hydrogen (secondary N) is 1. The van der Waals surface area contributed by atoms with Crippen LogP contribution in [0.25, 0.3) is 0 Å². The zero-order chi connectivity index (χ0) is 18.0. The van der Waals surface area contributed by atoms with Gasteiger partial charge in [-0.05, 0) is 23.8 Å². The van der Waals surface area contributed by atoms with Gasteiger partial charge in [0.2, 0.25) is 0 Å². The van der Waals surface area contributed by atoms with Crippen LogP contribution in [0.4, 0.5) is 4.39 Å². The molecule has 25 heavy (non-hydrogen) atoms. The Labute approximate surface area is 143 Å². The lowest BCUT2D eigenvalue weighted by Gasteiger charge is -2.02. The maximum absolute atomic E-state index is 13.4. The first-order valence-electron chi connectivity index (χ1n) is 7.17. The molecule has 2 aromatic rings. The Morgan fingerprint density at radius 2 is 2.04 bits per heavy atom.